The molecule has 1 amide bonds. The second-order valence-electron chi connectivity index (χ2n) is 5.19. The molecular formula is C12H22N2O. The summed E-state index contributed by atoms with van der Waals surface area (Å²) < 4.78 is 0. The summed E-state index contributed by atoms with van der Waals surface area (Å²) in [6, 6.07) is 0.411. The Morgan fingerprint density at radius 2 is 2.13 bits per heavy atom. The van der Waals surface area contributed by atoms with Gasteiger partial charge in [0.05, 0.1) is 6.04 Å². The van der Waals surface area contributed by atoms with E-state index in [9.17, 15) is 4.79 Å². The highest BCUT2D eigenvalue weighted by Crippen LogP contribution is 2.32. The van der Waals surface area contributed by atoms with Gasteiger partial charge in [-0.15, -0.1) is 0 Å². The summed E-state index contributed by atoms with van der Waals surface area (Å²) in [7, 11) is 0. The summed E-state index contributed by atoms with van der Waals surface area (Å²) in [6.45, 7) is 5.28. The topological polar surface area (TPSA) is 41.1 Å². The summed E-state index contributed by atoms with van der Waals surface area (Å²) in [5.74, 6) is 1.43. The number of hydrogen-bond acceptors (Lipinski definition) is 2. The van der Waals surface area contributed by atoms with E-state index in [1.165, 1.54) is 25.7 Å². The number of nitrogens with one attached hydrogen (secondary N) is 2. The smallest absolute Gasteiger partial charge is 0.237 e. The zero-order chi connectivity index (χ0) is 10.8. The zero-order valence-electron chi connectivity index (χ0n) is 9.75. The molecule has 3 unspecified atom stereocenters. The summed E-state index contributed by atoms with van der Waals surface area (Å²) >= 11 is 0. The van der Waals surface area contributed by atoms with Crippen LogP contribution in [-0.4, -0.2) is 24.5 Å². The van der Waals surface area contributed by atoms with Gasteiger partial charge in [0.25, 0.3) is 0 Å². The maximum atomic E-state index is 12.0. The van der Waals surface area contributed by atoms with Gasteiger partial charge in [-0.3, -0.25) is 4.79 Å². The molecule has 2 aliphatic rings. The normalized spacial score (nSPS) is 33.5. The number of carbonyl (C=O) groups is 1. The first-order valence-electron chi connectivity index (χ1n) is 6.22. The predicted octanol–water partition coefficient (Wildman–Crippen LogP) is 1.29. The Kier molecular flexibility index (Phi) is 3.29. The Labute approximate surface area is 92.0 Å². The molecule has 86 valence electrons. The van der Waals surface area contributed by atoms with E-state index < -0.39 is 0 Å². The van der Waals surface area contributed by atoms with Crippen LogP contribution in [-0.2, 0) is 4.79 Å². The van der Waals surface area contributed by atoms with Crippen molar-refractivity contribution in [3.63, 3.8) is 0 Å². The molecule has 0 spiro atoms. The van der Waals surface area contributed by atoms with Crippen molar-refractivity contribution in [2.24, 2.45) is 11.8 Å². The van der Waals surface area contributed by atoms with Crippen LogP contribution in [0.3, 0.4) is 0 Å². The zero-order valence-corrected chi connectivity index (χ0v) is 9.75. The lowest BCUT2D eigenvalue weighted by Crippen LogP contribution is -2.52. The predicted molar refractivity (Wildman–Crippen MR) is 60.5 cm³/mol. The monoisotopic (exact) mass is 210 g/mol. The molecular weight excluding hydrogens is 188 g/mol. The molecule has 1 saturated carbocycles. The highest BCUT2D eigenvalue weighted by Gasteiger charge is 2.32. The molecule has 0 aromatic carbocycles. The Balaban J connectivity index is 1.82. The summed E-state index contributed by atoms with van der Waals surface area (Å²) in [5.41, 5.74) is 0. The van der Waals surface area contributed by atoms with Crippen LogP contribution >= 0.6 is 0 Å². The van der Waals surface area contributed by atoms with E-state index in [2.05, 4.69) is 24.5 Å². The minimum Gasteiger partial charge on any atom is -0.352 e. The SMILES string of the molecule is CC1CCCNC1C(=O)NC(C)C1CC1. The van der Waals surface area contributed by atoms with E-state index in [1.54, 1.807) is 0 Å². The lowest BCUT2D eigenvalue weighted by molar-refractivity contribution is -0.125. The molecule has 15 heavy (non-hydrogen) atoms. The van der Waals surface area contributed by atoms with Gasteiger partial charge in [0, 0.05) is 6.04 Å². The first-order valence-corrected chi connectivity index (χ1v) is 6.22. The van der Waals surface area contributed by atoms with Crippen LogP contribution in [0.25, 0.3) is 0 Å². The third kappa shape index (κ3) is 2.71. The highest BCUT2D eigenvalue weighted by atomic mass is 16.2. The molecule has 0 aromatic heterocycles. The van der Waals surface area contributed by atoms with Gasteiger partial charge in [-0.05, 0) is 51.0 Å². The van der Waals surface area contributed by atoms with E-state index in [0.717, 1.165) is 12.5 Å². The van der Waals surface area contributed by atoms with Crippen LogP contribution in [0.2, 0.25) is 0 Å². The van der Waals surface area contributed by atoms with Crippen molar-refractivity contribution >= 4 is 5.91 Å². The van der Waals surface area contributed by atoms with Gasteiger partial charge < -0.3 is 10.6 Å². The van der Waals surface area contributed by atoms with Crippen LogP contribution in [0.4, 0.5) is 0 Å². The van der Waals surface area contributed by atoms with Crippen molar-refractivity contribution in [2.75, 3.05) is 6.54 Å². The summed E-state index contributed by atoms with van der Waals surface area (Å²) in [5, 5.41) is 6.46. The average molecular weight is 210 g/mol. The maximum absolute atomic E-state index is 12.0. The summed E-state index contributed by atoms with van der Waals surface area (Å²) in [4.78, 5) is 12.0. The molecule has 1 heterocycles. The standard InChI is InChI=1S/C12H22N2O/c1-8-4-3-7-13-11(8)12(15)14-9(2)10-5-6-10/h8-11,13H,3-7H2,1-2H3,(H,14,15). The second-order valence-corrected chi connectivity index (χ2v) is 5.19. The van der Waals surface area contributed by atoms with Crippen LogP contribution in [0, 0.1) is 11.8 Å². The fourth-order valence-corrected chi connectivity index (χ4v) is 2.43. The minimum absolute atomic E-state index is 0.0416. The van der Waals surface area contributed by atoms with Gasteiger partial charge in [-0.2, -0.15) is 0 Å². The van der Waals surface area contributed by atoms with Crippen molar-refractivity contribution in [3.8, 4) is 0 Å². The van der Waals surface area contributed by atoms with Gasteiger partial charge in [-0.1, -0.05) is 6.92 Å². The van der Waals surface area contributed by atoms with E-state index in [-0.39, 0.29) is 11.9 Å². The van der Waals surface area contributed by atoms with Crippen molar-refractivity contribution < 1.29 is 4.79 Å². The molecule has 1 aliphatic heterocycles. The summed E-state index contributed by atoms with van der Waals surface area (Å²) in [6.07, 6.45) is 4.94. The van der Waals surface area contributed by atoms with E-state index in [1.807, 2.05) is 0 Å². The van der Waals surface area contributed by atoms with Crippen LogP contribution in [0.5, 0.6) is 0 Å². The fraction of sp³-hybridized carbons (Fsp3) is 0.917. The lowest BCUT2D eigenvalue weighted by Gasteiger charge is -2.30. The van der Waals surface area contributed by atoms with Crippen molar-refractivity contribution in [1.82, 2.24) is 10.6 Å². The van der Waals surface area contributed by atoms with E-state index in [4.69, 9.17) is 0 Å². The molecule has 0 bridgehead atoms. The Bertz CT molecular complexity index is 238. The largest absolute Gasteiger partial charge is 0.352 e. The van der Waals surface area contributed by atoms with Crippen molar-refractivity contribution in [1.29, 1.82) is 0 Å². The Morgan fingerprint density at radius 3 is 2.73 bits per heavy atom. The molecule has 2 rings (SSSR count). The molecule has 2 N–H and O–H groups in total. The van der Waals surface area contributed by atoms with E-state index >= 15 is 0 Å². The molecule has 1 aliphatic carbocycles. The number of hydrogen-bond donors (Lipinski definition) is 2. The van der Waals surface area contributed by atoms with Gasteiger partial charge >= 0.3 is 0 Å². The number of piperidine rings is 1. The molecule has 3 atom stereocenters. The quantitative estimate of drug-likeness (QED) is 0.737. The Hall–Kier alpha value is -0.570. The number of amides is 1. The van der Waals surface area contributed by atoms with Crippen molar-refractivity contribution in [3.05, 3.63) is 0 Å². The number of rotatable bonds is 3. The van der Waals surface area contributed by atoms with Crippen LogP contribution in [0.1, 0.15) is 39.5 Å². The molecule has 3 nitrogen and oxygen atoms in total. The molecule has 2 fully saturated rings. The van der Waals surface area contributed by atoms with E-state index in [0.29, 0.717) is 12.0 Å². The third-order valence-corrected chi connectivity index (χ3v) is 3.75. The fourth-order valence-electron chi connectivity index (χ4n) is 2.43. The van der Waals surface area contributed by atoms with Gasteiger partial charge in [0.15, 0.2) is 0 Å². The molecule has 3 heteroatoms. The molecule has 1 saturated heterocycles. The average Bonchev–Trinajstić information content (AvgIpc) is 3.01. The van der Waals surface area contributed by atoms with Crippen LogP contribution in [0.15, 0.2) is 0 Å². The first-order chi connectivity index (χ1) is 7.18. The minimum atomic E-state index is 0.0416. The third-order valence-electron chi connectivity index (χ3n) is 3.75. The Morgan fingerprint density at radius 1 is 1.40 bits per heavy atom. The molecule has 0 radical (unpaired) electrons. The van der Waals surface area contributed by atoms with Crippen LogP contribution < -0.4 is 10.6 Å². The molecule has 0 aromatic rings. The van der Waals surface area contributed by atoms with Crippen molar-refractivity contribution in [2.45, 2.75) is 51.6 Å². The first kappa shape index (κ1) is 10.9. The number of carbonyl (C=O) groups excluding carboxylic acids is 1. The van der Waals surface area contributed by atoms with Gasteiger partial charge in [0.1, 0.15) is 0 Å². The van der Waals surface area contributed by atoms with Gasteiger partial charge in [-0.25, -0.2) is 0 Å². The van der Waals surface area contributed by atoms with Gasteiger partial charge in [0.2, 0.25) is 5.91 Å². The highest BCUT2D eigenvalue weighted by molar-refractivity contribution is 5.82. The lowest BCUT2D eigenvalue weighted by atomic mass is 9.92. The second kappa shape index (κ2) is 4.52. The maximum Gasteiger partial charge on any atom is 0.237 e.